The van der Waals surface area contributed by atoms with E-state index in [1.807, 2.05) is 0 Å². The predicted molar refractivity (Wildman–Crippen MR) is 55.7 cm³/mol. The molecule has 5 nitrogen and oxygen atoms in total. The summed E-state index contributed by atoms with van der Waals surface area (Å²) in [5, 5.41) is 11.1. The van der Waals surface area contributed by atoms with Gasteiger partial charge in [0.1, 0.15) is 11.6 Å². The Balaban J connectivity index is 2.45. The smallest absolute Gasteiger partial charge is 0.222 e. The molecule has 0 atom stereocenters. The van der Waals surface area contributed by atoms with Crippen LogP contribution in [0.25, 0.3) is 0 Å². The van der Waals surface area contributed by atoms with Gasteiger partial charge >= 0.3 is 0 Å². The summed E-state index contributed by atoms with van der Waals surface area (Å²) in [6, 6.07) is 3.38. The van der Waals surface area contributed by atoms with Crippen LogP contribution >= 0.6 is 0 Å². The maximum Gasteiger partial charge on any atom is 0.222 e. The molecule has 0 saturated heterocycles. The number of nitrogens with zero attached hydrogens (tertiary/aromatic N) is 1. The number of pyridine rings is 1. The molecule has 0 spiro atoms. The van der Waals surface area contributed by atoms with Crippen molar-refractivity contribution in [2.45, 2.75) is 13.3 Å². The highest BCUT2D eigenvalue weighted by Crippen LogP contribution is 2.11. The zero-order valence-electron chi connectivity index (χ0n) is 8.56. The van der Waals surface area contributed by atoms with Crippen molar-refractivity contribution in [1.82, 2.24) is 4.98 Å². The van der Waals surface area contributed by atoms with E-state index in [1.165, 1.54) is 13.1 Å². The summed E-state index contributed by atoms with van der Waals surface area (Å²) < 4.78 is 5.27. The van der Waals surface area contributed by atoms with E-state index in [4.69, 9.17) is 9.84 Å². The molecule has 0 bridgehead atoms. The van der Waals surface area contributed by atoms with Crippen molar-refractivity contribution in [2.75, 3.05) is 18.5 Å². The summed E-state index contributed by atoms with van der Waals surface area (Å²) in [4.78, 5) is 14.7. The van der Waals surface area contributed by atoms with Crippen LogP contribution in [0.15, 0.2) is 18.3 Å². The normalized spacial score (nSPS) is 9.73. The van der Waals surface area contributed by atoms with Crippen LogP contribution in [0.3, 0.4) is 0 Å². The number of hydrogen-bond donors (Lipinski definition) is 2. The van der Waals surface area contributed by atoms with Crippen molar-refractivity contribution >= 4 is 11.7 Å². The third-order valence-corrected chi connectivity index (χ3v) is 1.61. The zero-order valence-corrected chi connectivity index (χ0v) is 8.56. The van der Waals surface area contributed by atoms with Gasteiger partial charge in [0, 0.05) is 20.0 Å². The molecule has 0 aliphatic heterocycles. The molecule has 82 valence electrons. The Morgan fingerprint density at radius 1 is 1.60 bits per heavy atom. The molecule has 0 aliphatic carbocycles. The average molecular weight is 210 g/mol. The van der Waals surface area contributed by atoms with E-state index in [2.05, 4.69) is 10.3 Å². The SMILES string of the molecule is CC(=O)Nc1ccc(OCCCO)cn1. The van der Waals surface area contributed by atoms with E-state index in [0.29, 0.717) is 24.6 Å². The van der Waals surface area contributed by atoms with Gasteiger partial charge in [-0.1, -0.05) is 0 Å². The van der Waals surface area contributed by atoms with E-state index in [0.717, 1.165) is 0 Å². The quantitative estimate of drug-likeness (QED) is 0.705. The summed E-state index contributed by atoms with van der Waals surface area (Å²) in [6.45, 7) is 1.99. The first-order valence-electron chi connectivity index (χ1n) is 4.69. The van der Waals surface area contributed by atoms with E-state index in [9.17, 15) is 4.79 Å². The first-order valence-corrected chi connectivity index (χ1v) is 4.69. The van der Waals surface area contributed by atoms with Crippen molar-refractivity contribution in [3.8, 4) is 5.75 Å². The molecular formula is C10H14N2O3. The molecule has 0 saturated carbocycles. The van der Waals surface area contributed by atoms with Gasteiger partial charge in [-0.15, -0.1) is 0 Å². The molecule has 0 radical (unpaired) electrons. The number of carbonyl (C=O) groups is 1. The first-order chi connectivity index (χ1) is 7.22. The summed E-state index contributed by atoms with van der Waals surface area (Å²) in [5.41, 5.74) is 0. The van der Waals surface area contributed by atoms with Crippen LogP contribution in [0.5, 0.6) is 5.75 Å². The molecule has 2 N–H and O–H groups in total. The van der Waals surface area contributed by atoms with Crippen LogP contribution in [-0.4, -0.2) is 29.2 Å². The van der Waals surface area contributed by atoms with Crippen molar-refractivity contribution in [3.05, 3.63) is 18.3 Å². The molecule has 1 heterocycles. The molecule has 1 aromatic rings. The minimum Gasteiger partial charge on any atom is -0.492 e. The number of rotatable bonds is 5. The fourth-order valence-corrected chi connectivity index (χ4v) is 0.975. The van der Waals surface area contributed by atoms with Crippen LogP contribution in [0.2, 0.25) is 0 Å². The topological polar surface area (TPSA) is 71.5 Å². The Kier molecular flexibility index (Phi) is 4.56. The summed E-state index contributed by atoms with van der Waals surface area (Å²) in [6.07, 6.45) is 2.12. The van der Waals surface area contributed by atoms with Gasteiger partial charge in [-0.2, -0.15) is 0 Å². The van der Waals surface area contributed by atoms with Gasteiger partial charge in [0.2, 0.25) is 5.91 Å². The van der Waals surface area contributed by atoms with E-state index >= 15 is 0 Å². The van der Waals surface area contributed by atoms with Gasteiger partial charge in [-0.05, 0) is 12.1 Å². The molecule has 0 unspecified atom stereocenters. The Bertz CT molecular complexity index is 311. The Labute approximate surface area is 88.1 Å². The predicted octanol–water partition coefficient (Wildman–Crippen LogP) is 0.801. The largest absolute Gasteiger partial charge is 0.492 e. The molecule has 15 heavy (non-hydrogen) atoms. The monoisotopic (exact) mass is 210 g/mol. The van der Waals surface area contributed by atoms with Crippen LogP contribution in [0.1, 0.15) is 13.3 Å². The lowest BCUT2D eigenvalue weighted by molar-refractivity contribution is -0.114. The number of carbonyl (C=O) groups excluding carboxylic acids is 1. The minimum atomic E-state index is -0.156. The van der Waals surface area contributed by atoms with Crippen LogP contribution in [-0.2, 0) is 4.79 Å². The van der Waals surface area contributed by atoms with Crippen LogP contribution in [0.4, 0.5) is 5.82 Å². The molecule has 0 aliphatic rings. The molecule has 5 heteroatoms. The van der Waals surface area contributed by atoms with Gasteiger partial charge in [0.05, 0.1) is 12.8 Å². The van der Waals surface area contributed by atoms with Gasteiger partial charge in [0.25, 0.3) is 0 Å². The lowest BCUT2D eigenvalue weighted by atomic mass is 10.4. The van der Waals surface area contributed by atoms with E-state index < -0.39 is 0 Å². The Morgan fingerprint density at radius 3 is 2.93 bits per heavy atom. The third kappa shape index (κ3) is 4.42. The van der Waals surface area contributed by atoms with E-state index in [1.54, 1.807) is 12.1 Å². The summed E-state index contributed by atoms with van der Waals surface area (Å²) >= 11 is 0. The Hall–Kier alpha value is -1.62. The molecule has 1 aromatic heterocycles. The van der Waals surface area contributed by atoms with Crippen LogP contribution in [0, 0.1) is 0 Å². The average Bonchev–Trinajstić information content (AvgIpc) is 2.20. The number of aliphatic hydroxyl groups excluding tert-OH is 1. The van der Waals surface area contributed by atoms with Crippen LogP contribution < -0.4 is 10.1 Å². The summed E-state index contributed by atoms with van der Waals surface area (Å²) in [5.74, 6) is 0.964. The summed E-state index contributed by atoms with van der Waals surface area (Å²) in [7, 11) is 0. The molecule has 1 rings (SSSR count). The molecule has 0 aromatic carbocycles. The van der Waals surface area contributed by atoms with E-state index in [-0.39, 0.29) is 12.5 Å². The number of nitrogens with one attached hydrogen (secondary N) is 1. The van der Waals surface area contributed by atoms with Crippen molar-refractivity contribution in [3.63, 3.8) is 0 Å². The van der Waals surface area contributed by atoms with Gasteiger partial charge in [-0.3, -0.25) is 4.79 Å². The highest BCUT2D eigenvalue weighted by molar-refractivity contribution is 5.87. The van der Waals surface area contributed by atoms with Gasteiger partial charge < -0.3 is 15.2 Å². The molecular weight excluding hydrogens is 196 g/mol. The number of aliphatic hydroxyl groups is 1. The number of hydrogen-bond acceptors (Lipinski definition) is 4. The lowest BCUT2D eigenvalue weighted by Gasteiger charge is -2.05. The lowest BCUT2D eigenvalue weighted by Crippen LogP contribution is -2.07. The maximum atomic E-state index is 10.7. The zero-order chi connectivity index (χ0) is 11.1. The highest BCUT2D eigenvalue weighted by Gasteiger charge is 1.98. The number of ether oxygens (including phenoxy) is 1. The fourth-order valence-electron chi connectivity index (χ4n) is 0.975. The first kappa shape index (κ1) is 11.5. The number of aromatic nitrogens is 1. The second-order valence-electron chi connectivity index (χ2n) is 2.99. The third-order valence-electron chi connectivity index (χ3n) is 1.61. The standard InChI is InChI=1S/C10H14N2O3/c1-8(14)12-10-4-3-9(7-11-10)15-6-2-5-13/h3-4,7,13H,2,5-6H2,1H3,(H,11,12,14). The van der Waals surface area contributed by atoms with Crippen molar-refractivity contribution in [2.24, 2.45) is 0 Å². The number of anilines is 1. The molecule has 0 fully saturated rings. The highest BCUT2D eigenvalue weighted by atomic mass is 16.5. The van der Waals surface area contributed by atoms with Gasteiger partial charge in [0.15, 0.2) is 0 Å². The van der Waals surface area contributed by atoms with Gasteiger partial charge in [-0.25, -0.2) is 4.98 Å². The second-order valence-corrected chi connectivity index (χ2v) is 2.99. The van der Waals surface area contributed by atoms with Crippen molar-refractivity contribution < 1.29 is 14.6 Å². The Morgan fingerprint density at radius 2 is 2.40 bits per heavy atom. The minimum absolute atomic E-state index is 0.109. The number of amides is 1. The van der Waals surface area contributed by atoms with Crippen molar-refractivity contribution in [1.29, 1.82) is 0 Å². The fraction of sp³-hybridized carbons (Fsp3) is 0.400. The second kappa shape index (κ2) is 5.98. The molecule has 1 amide bonds. The maximum absolute atomic E-state index is 10.7.